The molecule has 0 rings (SSSR count). The van der Waals surface area contributed by atoms with Crippen LogP contribution in [0.15, 0.2) is 0 Å². The highest BCUT2D eigenvalue weighted by atomic mass is 28.4. The molecule has 0 aliphatic rings. The van der Waals surface area contributed by atoms with Gasteiger partial charge in [0, 0.05) is 7.11 Å². The van der Waals surface area contributed by atoms with Gasteiger partial charge in [0.05, 0.1) is 0 Å². The first-order valence-corrected chi connectivity index (χ1v) is 6.30. The average Bonchev–Trinajstić information content (AvgIpc) is 1.67. The normalized spacial score (nSPS) is 13.5. The van der Waals surface area contributed by atoms with E-state index in [1.54, 1.807) is 7.11 Å². The summed E-state index contributed by atoms with van der Waals surface area (Å²) in [4.78, 5) is 0. The highest BCUT2D eigenvalue weighted by Gasteiger charge is 2.21. The predicted molar refractivity (Wildman–Crippen MR) is 35.2 cm³/mol. The molecule has 0 fully saturated rings. The Morgan fingerprint density at radius 3 is 2.12 bits per heavy atom. The maximum atomic E-state index is 11.5. The molecule has 0 aliphatic carbocycles. The molecule has 0 aliphatic heterocycles. The Hall–Kier alpha value is 0.284. The lowest BCUT2D eigenvalue weighted by molar-refractivity contribution is 0.312. The van der Waals surface area contributed by atoms with E-state index in [0.717, 1.165) is 0 Å². The van der Waals surface area contributed by atoms with Crippen molar-refractivity contribution in [3.05, 3.63) is 0 Å². The molecule has 0 radical (unpaired) electrons. The van der Waals surface area contributed by atoms with Crippen LogP contribution in [0, 0.1) is 0 Å². The van der Waals surface area contributed by atoms with Gasteiger partial charge in [-0.05, 0) is 13.1 Å². The molecule has 0 N–H and O–H groups in total. The fourth-order valence-corrected chi connectivity index (χ4v) is 1.71. The van der Waals surface area contributed by atoms with E-state index in [9.17, 15) is 4.11 Å². The molecule has 0 heterocycles. The third kappa shape index (κ3) is 3.31. The Labute approximate surface area is 52.4 Å². The number of halogens is 1. The predicted octanol–water partition coefficient (Wildman–Crippen LogP) is 0.319. The molecule has 0 aromatic rings. The van der Waals surface area contributed by atoms with E-state index >= 15 is 0 Å². The second-order valence-corrected chi connectivity index (χ2v) is 6.44. The first-order chi connectivity index (χ1) is 3.62. The average molecular weight is 154 g/mol. The molecule has 0 amide bonds. The van der Waals surface area contributed by atoms with Gasteiger partial charge in [-0.15, -0.1) is 0 Å². The summed E-state index contributed by atoms with van der Waals surface area (Å²) in [6.07, 6.45) is 0. The molecule has 0 unspecified atom stereocenters. The summed E-state index contributed by atoms with van der Waals surface area (Å²) in [5.74, 6) is 0. The summed E-state index contributed by atoms with van der Waals surface area (Å²) in [5.41, 5.74) is 0. The van der Waals surface area contributed by atoms with E-state index in [2.05, 4.69) is 0 Å². The van der Waals surface area contributed by atoms with E-state index < -0.39 is 18.7 Å². The highest BCUT2D eigenvalue weighted by molar-refractivity contribution is 6.68. The van der Waals surface area contributed by atoms with Crippen LogP contribution in [0.1, 0.15) is 0 Å². The molecule has 0 aromatic heterocycles. The zero-order valence-corrected chi connectivity index (χ0v) is 7.82. The SMILES string of the molecule is CO[Si](C)(C)O[SiH2]F. The quantitative estimate of drug-likeness (QED) is 0.430. The van der Waals surface area contributed by atoms with Crippen molar-refractivity contribution in [1.29, 1.82) is 0 Å². The maximum Gasteiger partial charge on any atom is 0.345 e. The molecule has 0 bridgehead atoms. The minimum Gasteiger partial charge on any atom is -0.416 e. The lowest BCUT2D eigenvalue weighted by atomic mass is 11.8. The van der Waals surface area contributed by atoms with E-state index in [1.807, 2.05) is 13.1 Å². The summed E-state index contributed by atoms with van der Waals surface area (Å²) in [5, 5.41) is 0. The molecule has 50 valence electrons. The minimum atomic E-state index is -1.99. The second-order valence-electron chi connectivity index (χ2n) is 1.86. The van der Waals surface area contributed by atoms with Crippen molar-refractivity contribution in [3.8, 4) is 0 Å². The largest absolute Gasteiger partial charge is 0.416 e. The maximum absolute atomic E-state index is 11.5. The molecule has 0 saturated carbocycles. The fraction of sp³-hybridized carbons (Fsp3) is 1.00. The lowest BCUT2D eigenvalue weighted by Crippen LogP contribution is -2.33. The van der Waals surface area contributed by atoms with Crippen molar-refractivity contribution < 1.29 is 12.6 Å². The second kappa shape index (κ2) is 3.34. The van der Waals surface area contributed by atoms with Crippen molar-refractivity contribution in [2.24, 2.45) is 0 Å². The van der Waals surface area contributed by atoms with E-state index in [0.29, 0.717) is 0 Å². The van der Waals surface area contributed by atoms with Crippen LogP contribution in [-0.2, 0) is 8.54 Å². The molecular formula is C3H11FO2Si2. The van der Waals surface area contributed by atoms with Crippen LogP contribution in [0.2, 0.25) is 13.1 Å². The van der Waals surface area contributed by atoms with Gasteiger partial charge in [-0.2, -0.15) is 0 Å². The first-order valence-electron chi connectivity index (χ1n) is 2.37. The van der Waals surface area contributed by atoms with Crippen LogP contribution in [0.5, 0.6) is 0 Å². The Kier molecular flexibility index (Phi) is 3.46. The Balaban J connectivity index is 3.37. The van der Waals surface area contributed by atoms with Crippen LogP contribution < -0.4 is 0 Å². The molecule has 0 aromatic carbocycles. The highest BCUT2D eigenvalue weighted by Crippen LogP contribution is 2.01. The van der Waals surface area contributed by atoms with Gasteiger partial charge in [-0.25, -0.2) is 0 Å². The number of hydrogen-bond acceptors (Lipinski definition) is 2. The summed E-state index contributed by atoms with van der Waals surface area (Å²) in [6.45, 7) is 3.64. The summed E-state index contributed by atoms with van der Waals surface area (Å²) in [6, 6.07) is 0. The molecule has 5 heteroatoms. The number of rotatable bonds is 3. The van der Waals surface area contributed by atoms with Gasteiger partial charge < -0.3 is 8.54 Å². The van der Waals surface area contributed by atoms with Crippen LogP contribution >= 0.6 is 0 Å². The third-order valence-corrected chi connectivity index (χ3v) is 5.09. The van der Waals surface area contributed by atoms with Gasteiger partial charge >= 0.3 is 18.7 Å². The van der Waals surface area contributed by atoms with Crippen molar-refractivity contribution in [2.75, 3.05) is 7.11 Å². The van der Waals surface area contributed by atoms with Crippen LogP contribution in [0.25, 0.3) is 0 Å². The number of hydrogen-bond donors (Lipinski definition) is 0. The first kappa shape index (κ1) is 8.28. The summed E-state index contributed by atoms with van der Waals surface area (Å²) < 4.78 is 21.2. The van der Waals surface area contributed by atoms with E-state index in [-0.39, 0.29) is 0 Å². The standard InChI is InChI=1S/C3H11FO2Si2/c1-5-8(2,3)6-7-4/h7H2,1-3H3. The van der Waals surface area contributed by atoms with Crippen molar-refractivity contribution in [3.63, 3.8) is 0 Å². The molecule has 0 saturated heterocycles. The van der Waals surface area contributed by atoms with Crippen molar-refractivity contribution >= 4 is 18.7 Å². The zero-order valence-electron chi connectivity index (χ0n) is 5.40. The van der Waals surface area contributed by atoms with Gasteiger partial charge in [0.15, 0.2) is 0 Å². The lowest BCUT2D eigenvalue weighted by Gasteiger charge is -2.17. The van der Waals surface area contributed by atoms with Crippen LogP contribution in [0.4, 0.5) is 4.11 Å². The Bertz CT molecular complexity index is 68.3. The van der Waals surface area contributed by atoms with Crippen molar-refractivity contribution in [2.45, 2.75) is 13.1 Å². The fourth-order valence-electron chi connectivity index (χ4n) is 0.190. The van der Waals surface area contributed by atoms with Gasteiger partial charge in [0.25, 0.3) is 0 Å². The van der Waals surface area contributed by atoms with Gasteiger partial charge in [-0.3, -0.25) is 4.11 Å². The zero-order chi connectivity index (χ0) is 6.62. The molecule has 2 nitrogen and oxygen atoms in total. The van der Waals surface area contributed by atoms with E-state index in [1.165, 1.54) is 0 Å². The van der Waals surface area contributed by atoms with Gasteiger partial charge in [0.1, 0.15) is 0 Å². The molecular weight excluding hydrogens is 143 g/mol. The Morgan fingerprint density at radius 2 is 2.00 bits per heavy atom. The summed E-state index contributed by atoms with van der Waals surface area (Å²) in [7, 11) is -2.20. The van der Waals surface area contributed by atoms with Gasteiger partial charge in [0.2, 0.25) is 0 Å². The van der Waals surface area contributed by atoms with Gasteiger partial charge in [-0.1, -0.05) is 0 Å². The van der Waals surface area contributed by atoms with Crippen LogP contribution in [0.3, 0.4) is 0 Å². The van der Waals surface area contributed by atoms with Crippen molar-refractivity contribution in [1.82, 2.24) is 0 Å². The summed E-state index contributed by atoms with van der Waals surface area (Å²) >= 11 is 0. The molecule has 8 heavy (non-hydrogen) atoms. The smallest absolute Gasteiger partial charge is 0.345 e. The Morgan fingerprint density at radius 1 is 1.50 bits per heavy atom. The minimum absolute atomic E-state index is 1.55. The monoisotopic (exact) mass is 154 g/mol. The van der Waals surface area contributed by atoms with Crippen LogP contribution in [-0.4, -0.2) is 25.8 Å². The van der Waals surface area contributed by atoms with E-state index in [4.69, 9.17) is 8.54 Å². The molecule has 0 atom stereocenters. The third-order valence-electron chi connectivity index (χ3n) is 0.894. The topological polar surface area (TPSA) is 18.5 Å². The molecule has 0 spiro atoms.